The van der Waals surface area contributed by atoms with Crippen molar-refractivity contribution in [3.8, 4) is 11.3 Å². The van der Waals surface area contributed by atoms with Gasteiger partial charge < -0.3 is 18.7 Å². The molecule has 2 aliphatic rings. The Kier molecular flexibility index (Phi) is 6.05. The Morgan fingerprint density at radius 2 is 1.70 bits per heavy atom. The second kappa shape index (κ2) is 8.50. The van der Waals surface area contributed by atoms with E-state index in [2.05, 4.69) is 5.16 Å². The molecule has 5 nitrogen and oxygen atoms in total. The van der Waals surface area contributed by atoms with Crippen molar-refractivity contribution in [2.45, 2.75) is 57.5 Å². The molecule has 4 rings (SSSR count). The number of aryl methyl sites for hydroxylation is 1. The molecule has 1 saturated carbocycles. The van der Waals surface area contributed by atoms with Gasteiger partial charge in [-0.2, -0.15) is 0 Å². The van der Waals surface area contributed by atoms with Crippen molar-refractivity contribution in [1.82, 2.24) is 5.16 Å². The number of rotatable bonds is 4. The topological polar surface area (TPSA) is 53.7 Å². The summed E-state index contributed by atoms with van der Waals surface area (Å²) in [4.78, 5) is 0. The van der Waals surface area contributed by atoms with Crippen molar-refractivity contribution in [3.05, 3.63) is 39.6 Å². The number of ether oxygens (including phenoxy) is 3. The summed E-state index contributed by atoms with van der Waals surface area (Å²) >= 11 is 12.7. The summed E-state index contributed by atoms with van der Waals surface area (Å²) < 4.78 is 23.5. The quantitative estimate of drug-likeness (QED) is 0.691. The average molecular weight is 412 g/mol. The largest absolute Gasteiger partial charge is 0.376 e. The van der Waals surface area contributed by atoms with E-state index in [1.54, 1.807) is 12.1 Å². The maximum absolute atomic E-state index is 6.36. The fourth-order valence-electron chi connectivity index (χ4n) is 3.84. The molecule has 1 aliphatic carbocycles. The highest BCUT2D eigenvalue weighted by Gasteiger charge is 2.30. The predicted octanol–water partition coefficient (Wildman–Crippen LogP) is 5.20. The Morgan fingerprint density at radius 1 is 1.07 bits per heavy atom. The zero-order chi connectivity index (χ0) is 18.8. The fourth-order valence-corrected chi connectivity index (χ4v) is 4.42. The summed E-state index contributed by atoms with van der Waals surface area (Å²) in [6, 6.07) is 5.40. The first-order chi connectivity index (χ1) is 13.1. The van der Waals surface area contributed by atoms with Crippen LogP contribution in [0.3, 0.4) is 0 Å². The molecule has 1 aliphatic heterocycles. The minimum Gasteiger partial charge on any atom is -0.376 e. The van der Waals surface area contributed by atoms with E-state index in [9.17, 15) is 0 Å². The van der Waals surface area contributed by atoms with Crippen molar-refractivity contribution in [2.75, 3.05) is 13.2 Å². The standard InChI is InChI=1S/C20H23Cl2NO4/c1-12-16(20(23-27-12)19-17(21)3-2-4-18(19)22)11-26-15-9-13-5-6-14(10-15)25-8-7-24-13/h2-4,13-15H,5-11H2,1H3/t13-,14+,15-. The Labute approximate surface area is 168 Å². The number of halogens is 2. The Hall–Kier alpha value is -1.11. The van der Waals surface area contributed by atoms with Crippen LogP contribution in [0.1, 0.15) is 37.0 Å². The van der Waals surface area contributed by atoms with Gasteiger partial charge >= 0.3 is 0 Å². The molecule has 2 heterocycles. The summed E-state index contributed by atoms with van der Waals surface area (Å²) in [6.45, 7) is 3.58. The van der Waals surface area contributed by atoms with Gasteiger partial charge in [-0.3, -0.25) is 0 Å². The van der Waals surface area contributed by atoms with Crippen LogP contribution in [0, 0.1) is 6.92 Å². The second-order valence-electron chi connectivity index (χ2n) is 7.13. The number of nitrogens with zero attached hydrogens (tertiary/aromatic N) is 1. The smallest absolute Gasteiger partial charge is 0.139 e. The Bertz CT molecular complexity index is 758. The van der Waals surface area contributed by atoms with E-state index in [4.69, 9.17) is 41.9 Å². The number of benzene rings is 1. The summed E-state index contributed by atoms with van der Waals surface area (Å²) in [5, 5.41) is 5.27. The van der Waals surface area contributed by atoms with Crippen LogP contribution in [0.2, 0.25) is 10.0 Å². The number of aromatic nitrogens is 1. The summed E-state index contributed by atoms with van der Waals surface area (Å²) in [6.07, 6.45) is 4.37. The molecule has 3 atom stereocenters. The zero-order valence-electron chi connectivity index (χ0n) is 15.2. The minimum absolute atomic E-state index is 0.0736. The molecule has 0 N–H and O–H groups in total. The van der Waals surface area contributed by atoms with Crippen molar-refractivity contribution in [3.63, 3.8) is 0 Å². The van der Waals surface area contributed by atoms with Crippen LogP contribution >= 0.6 is 23.2 Å². The lowest BCUT2D eigenvalue weighted by Gasteiger charge is -2.20. The maximum Gasteiger partial charge on any atom is 0.139 e. The third kappa shape index (κ3) is 4.33. The predicted molar refractivity (Wildman–Crippen MR) is 103 cm³/mol. The molecule has 2 bridgehead atoms. The molecule has 2 fully saturated rings. The van der Waals surface area contributed by atoms with Crippen molar-refractivity contribution in [2.24, 2.45) is 0 Å². The van der Waals surface area contributed by atoms with E-state index in [1.807, 2.05) is 13.0 Å². The highest BCUT2D eigenvalue weighted by atomic mass is 35.5. The minimum atomic E-state index is 0.0736. The number of hydrogen-bond donors (Lipinski definition) is 0. The van der Waals surface area contributed by atoms with Crippen LogP contribution in [-0.2, 0) is 20.8 Å². The van der Waals surface area contributed by atoms with E-state index < -0.39 is 0 Å². The van der Waals surface area contributed by atoms with Crippen molar-refractivity contribution < 1.29 is 18.7 Å². The molecule has 0 spiro atoms. The molecule has 7 heteroatoms. The molecule has 2 aromatic rings. The molecule has 27 heavy (non-hydrogen) atoms. The molecular formula is C20H23Cl2NO4. The van der Waals surface area contributed by atoms with Crippen LogP contribution in [0.5, 0.6) is 0 Å². The van der Waals surface area contributed by atoms with Crippen molar-refractivity contribution >= 4 is 23.2 Å². The second-order valence-corrected chi connectivity index (χ2v) is 7.94. The van der Waals surface area contributed by atoms with Gasteiger partial charge in [-0.05, 0) is 44.7 Å². The average Bonchev–Trinajstić information content (AvgIpc) is 2.90. The number of hydrogen-bond acceptors (Lipinski definition) is 5. The third-order valence-electron chi connectivity index (χ3n) is 5.30. The molecule has 1 saturated heterocycles. The first kappa shape index (κ1) is 19.2. The summed E-state index contributed by atoms with van der Waals surface area (Å²) in [5.41, 5.74) is 2.19. The van der Waals surface area contributed by atoms with E-state index in [0.29, 0.717) is 46.9 Å². The molecule has 0 radical (unpaired) electrons. The molecule has 0 unspecified atom stereocenters. The van der Waals surface area contributed by atoms with Crippen LogP contribution in [0.15, 0.2) is 22.7 Å². The Morgan fingerprint density at radius 3 is 2.33 bits per heavy atom. The SMILES string of the molecule is Cc1onc(-c2c(Cl)cccc2Cl)c1CO[C@@H]1C[C@H]2CC[C@@H](C1)OCCO2. The van der Waals surface area contributed by atoms with Gasteiger partial charge in [0.25, 0.3) is 0 Å². The van der Waals surface area contributed by atoms with Crippen LogP contribution < -0.4 is 0 Å². The molecule has 1 aromatic heterocycles. The first-order valence-electron chi connectivity index (χ1n) is 9.36. The van der Waals surface area contributed by atoms with Gasteiger partial charge in [0.15, 0.2) is 0 Å². The fraction of sp³-hybridized carbons (Fsp3) is 0.550. The Balaban J connectivity index is 1.53. The molecule has 146 valence electrons. The van der Waals surface area contributed by atoms with Crippen LogP contribution in [0.4, 0.5) is 0 Å². The van der Waals surface area contributed by atoms with Crippen molar-refractivity contribution in [1.29, 1.82) is 0 Å². The van der Waals surface area contributed by atoms with Gasteiger partial charge in [-0.25, -0.2) is 0 Å². The van der Waals surface area contributed by atoms with Gasteiger partial charge in [-0.15, -0.1) is 0 Å². The lowest BCUT2D eigenvalue weighted by atomic mass is 10.1. The number of fused-ring (bicyclic) bond motifs is 3. The first-order valence-corrected chi connectivity index (χ1v) is 10.1. The third-order valence-corrected chi connectivity index (χ3v) is 5.93. The molecule has 1 aromatic carbocycles. The highest BCUT2D eigenvalue weighted by Crippen LogP contribution is 2.37. The van der Waals surface area contributed by atoms with Gasteiger partial charge in [-0.1, -0.05) is 34.4 Å². The molecule has 0 amide bonds. The molecular weight excluding hydrogens is 389 g/mol. The summed E-state index contributed by atoms with van der Waals surface area (Å²) in [5.74, 6) is 0.708. The lowest BCUT2D eigenvalue weighted by molar-refractivity contribution is -0.0451. The summed E-state index contributed by atoms with van der Waals surface area (Å²) in [7, 11) is 0. The zero-order valence-corrected chi connectivity index (χ0v) is 16.8. The normalized spacial score (nSPS) is 25.8. The van der Waals surface area contributed by atoms with E-state index in [1.165, 1.54) is 0 Å². The maximum atomic E-state index is 6.36. The van der Waals surface area contributed by atoms with E-state index in [0.717, 1.165) is 31.2 Å². The van der Waals surface area contributed by atoms with Gasteiger partial charge in [0.05, 0.1) is 48.2 Å². The van der Waals surface area contributed by atoms with E-state index >= 15 is 0 Å². The monoisotopic (exact) mass is 411 g/mol. The van der Waals surface area contributed by atoms with Crippen LogP contribution in [0.25, 0.3) is 11.3 Å². The van der Waals surface area contributed by atoms with Gasteiger partial charge in [0.1, 0.15) is 11.5 Å². The highest BCUT2D eigenvalue weighted by molar-refractivity contribution is 6.39. The lowest BCUT2D eigenvalue weighted by Crippen LogP contribution is -2.22. The van der Waals surface area contributed by atoms with E-state index in [-0.39, 0.29) is 18.3 Å². The van der Waals surface area contributed by atoms with Crippen LogP contribution in [-0.4, -0.2) is 36.7 Å². The van der Waals surface area contributed by atoms with Gasteiger partial charge in [0.2, 0.25) is 0 Å². The van der Waals surface area contributed by atoms with Gasteiger partial charge in [0, 0.05) is 11.1 Å².